The largest absolute Gasteiger partial charge is 0.417 e. The minimum Gasteiger partial charge on any atom is -0.282 e. The van der Waals surface area contributed by atoms with Crippen LogP contribution in [0.3, 0.4) is 0 Å². The zero-order valence-electron chi connectivity index (χ0n) is 19.6. The van der Waals surface area contributed by atoms with Crippen LogP contribution in [0.2, 0.25) is 0 Å². The van der Waals surface area contributed by atoms with Gasteiger partial charge in [0, 0.05) is 0 Å². The lowest BCUT2D eigenvalue weighted by molar-refractivity contribution is -0.140. The summed E-state index contributed by atoms with van der Waals surface area (Å²) in [5.41, 5.74) is -3.42. The van der Waals surface area contributed by atoms with Crippen LogP contribution in [0, 0.1) is 0 Å². The molecule has 0 aromatic heterocycles. The molecule has 0 bridgehead atoms. The Kier molecular flexibility index (Phi) is 10.5. The van der Waals surface area contributed by atoms with Gasteiger partial charge >= 0.3 is 20.6 Å². The van der Waals surface area contributed by atoms with Crippen LogP contribution in [0.25, 0.3) is 0 Å². The molecular formula is C20H21F6O9PS2. The summed E-state index contributed by atoms with van der Waals surface area (Å²) in [5.74, 6) is 0. The Morgan fingerprint density at radius 1 is 0.684 bits per heavy atom. The summed E-state index contributed by atoms with van der Waals surface area (Å²) >= 11 is 0. The number of benzene rings is 2. The molecule has 2 rings (SSSR count). The standard InChI is InChI=1S/C20H21F6O9PS2/c1-3-13-7-5-9-15(19(21,22)23)17(13)37(28,29)34-11-32-36(27)33-12-35-38(30,31)18-14(4-2)8-6-10-16(18)20(24,25)26/h5-10,36H,3-4,11-12H2,1-2H3. The fourth-order valence-electron chi connectivity index (χ4n) is 3.19. The van der Waals surface area contributed by atoms with Gasteiger partial charge in [-0.1, -0.05) is 38.1 Å². The van der Waals surface area contributed by atoms with Crippen molar-refractivity contribution in [3.63, 3.8) is 0 Å². The van der Waals surface area contributed by atoms with Gasteiger partial charge in [0.1, 0.15) is 9.79 Å². The van der Waals surface area contributed by atoms with Gasteiger partial charge < -0.3 is 0 Å². The van der Waals surface area contributed by atoms with Gasteiger partial charge in [0.15, 0.2) is 13.6 Å². The molecule has 214 valence electrons. The number of hydrogen-bond acceptors (Lipinski definition) is 9. The van der Waals surface area contributed by atoms with Crippen molar-refractivity contribution in [3.05, 3.63) is 58.7 Å². The maximum atomic E-state index is 13.3. The maximum Gasteiger partial charge on any atom is 0.417 e. The first kappa shape index (κ1) is 32.2. The fraction of sp³-hybridized carbons (Fsp3) is 0.400. The molecule has 0 atom stereocenters. The molecule has 0 heterocycles. The Labute approximate surface area is 214 Å². The van der Waals surface area contributed by atoms with Gasteiger partial charge in [-0.2, -0.15) is 43.2 Å². The van der Waals surface area contributed by atoms with E-state index in [-0.39, 0.29) is 24.0 Å². The quantitative estimate of drug-likeness (QED) is 0.136. The summed E-state index contributed by atoms with van der Waals surface area (Å²) in [4.78, 5) is -2.33. The molecule has 0 spiro atoms. The number of rotatable bonds is 12. The molecule has 0 aliphatic rings. The van der Waals surface area contributed by atoms with E-state index in [0.29, 0.717) is 12.1 Å². The first-order valence-corrected chi connectivity index (χ1v) is 14.5. The van der Waals surface area contributed by atoms with Crippen LogP contribution in [0.5, 0.6) is 0 Å². The molecule has 0 saturated carbocycles. The molecule has 0 radical (unpaired) electrons. The average molecular weight is 614 g/mol. The van der Waals surface area contributed by atoms with Crippen LogP contribution in [0.4, 0.5) is 26.3 Å². The van der Waals surface area contributed by atoms with Crippen molar-refractivity contribution in [3.8, 4) is 0 Å². The summed E-state index contributed by atoms with van der Waals surface area (Å²) in [5, 5.41) is 0. The summed E-state index contributed by atoms with van der Waals surface area (Å²) < 4.78 is 159. The molecule has 0 fully saturated rings. The van der Waals surface area contributed by atoms with Gasteiger partial charge in [0.05, 0.1) is 11.1 Å². The summed E-state index contributed by atoms with van der Waals surface area (Å²) in [7, 11) is -13.9. The lowest BCUT2D eigenvalue weighted by atomic mass is 10.1. The zero-order chi connectivity index (χ0) is 28.9. The third-order valence-electron chi connectivity index (χ3n) is 4.83. The highest BCUT2D eigenvalue weighted by molar-refractivity contribution is 7.87. The van der Waals surface area contributed by atoms with Crippen molar-refractivity contribution in [2.45, 2.75) is 48.8 Å². The van der Waals surface area contributed by atoms with Crippen molar-refractivity contribution in [1.82, 2.24) is 0 Å². The third-order valence-corrected chi connectivity index (χ3v) is 8.31. The second kappa shape index (κ2) is 12.4. The van der Waals surface area contributed by atoms with E-state index in [9.17, 15) is 47.7 Å². The first-order chi connectivity index (χ1) is 17.5. The van der Waals surface area contributed by atoms with Crippen LogP contribution in [-0.2, 0) is 67.4 Å². The highest BCUT2D eigenvalue weighted by Gasteiger charge is 2.40. The number of alkyl halides is 6. The number of hydrogen-bond donors (Lipinski definition) is 0. The van der Waals surface area contributed by atoms with Crippen LogP contribution in [0.1, 0.15) is 36.1 Å². The molecule has 0 N–H and O–H groups in total. The van der Waals surface area contributed by atoms with Gasteiger partial charge in [-0.25, -0.2) is 8.37 Å². The van der Waals surface area contributed by atoms with Gasteiger partial charge in [-0.05, 0) is 36.1 Å². The normalized spacial score (nSPS) is 13.3. The Morgan fingerprint density at radius 2 is 1.03 bits per heavy atom. The van der Waals surface area contributed by atoms with Gasteiger partial charge in [-0.15, -0.1) is 0 Å². The Bertz CT molecular complexity index is 1270. The van der Waals surface area contributed by atoms with E-state index >= 15 is 0 Å². The van der Waals surface area contributed by atoms with E-state index < -0.39 is 75.3 Å². The van der Waals surface area contributed by atoms with E-state index in [1.807, 2.05) is 0 Å². The molecule has 0 unspecified atom stereocenters. The number of halogens is 6. The summed E-state index contributed by atoms with van der Waals surface area (Å²) in [6.45, 7) is 0.0304. The molecule has 38 heavy (non-hydrogen) atoms. The van der Waals surface area contributed by atoms with Crippen LogP contribution in [0.15, 0.2) is 46.2 Å². The Morgan fingerprint density at radius 3 is 1.32 bits per heavy atom. The van der Waals surface area contributed by atoms with Crippen LogP contribution in [-0.4, -0.2) is 30.4 Å². The molecule has 2 aromatic carbocycles. The number of aryl methyl sites for hydroxylation is 2. The second-order valence-corrected chi connectivity index (χ2v) is 11.4. The lowest BCUT2D eigenvalue weighted by Crippen LogP contribution is -2.18. The zero-order valence-corrected chi connectivity index (χ0v) is 22.2. The van der Waals surface area contributed by atoms with Crippen LogP contribution < -0.4 is 0 Å². The van der Waals surface area contributed by atoms with Crippen molar-refractivity contribution >= 4 is 28.5 Å². The topological polar surface area (TPSA) is 122 Å². The third kappa shape index (κ3) is 8.00. The smallest absolute Gasteiger partial charge is 0.282 e. The Balaban J connectivity index is 2.06. The highest BCUT2D eigenvalue weighted by atomic mass is 32.2. The van der Waals surface area contributed by atoms with Gasteiger partial charge in [0.2, 0.25) is 0 Å². The second-order valence-electron chi connectivity index (χ2n) is 7.21. The summed E-state index contributed by atoms with van der Waals surface area (Å²) in [6.07, 6.45) is -10.3. The van der Waals surface area contributed by atoms with E-state index in [1.54, 1.807) is 0 Å². The van der Waals surface area contributed by atoms with E-state index in [4.69, 9.17) is 0 Å². The van der Waals surface area contributed by atoms with Crippen molar-refractivity contribution in [1.29, 1.82) is 0 Å². The van der Waals surface area contributed by atoms with Gasteiger partial charge in [0.25, 0.3) is 20.2 Å². The van der Waals surface area contributed by atoms with Crippen molar-refractivity contribution in [2.75, 3.05) is 13.6 Å². The minimum absolute atomic E-state index is 0.106. The Hall–Kier alpha value is -2.01. The van der Waals surface area contributed by atoms with E-state index in [0.717, 1.165) is 24.3 Å². The fourth-order valence-corrected chi connectivity index (χ4v) is 6.32. The molecule has 9 nitrogen and oxygen atoms in total. The predicted molar refractivity (Wildman–Crippen MR) is 119 cm³/mol. The lowest BCUT2D eigenvalue weighted by Gasteiger charge is -2.17. The molecule has 2 aromatic rings. The molecule has 0 saturated heterocycles. The van der Waals surface area contributed by atoms with E-state index in [2.05, 4.69) is 17.4 Å². The molecule has 0 aliphatic carbocycles. The SMILES string of the molecule is CCc1cccc(C(F)(F)F)c1S(=O)(=O)OCO[PH](=O)OCOS(=O)(=O)c1c(CC)cccc1C(F)(F)F. The molecule has 0 amide bonds. The molecule has 18 heteroatoms. The first-order valence-electron chi connectivity index (χ1n) is 10.4. The monoisotopic (exact) mass is 614 g/mol. The maximum absolute atomic E-state index is 13.3. The van der Waals surface area contributed by atoms with Crippen LogP contribution >= 0.6 is 8.25 Å². The molecular weight excluding hydrogens is 593 g/mol. The summed E-state index contributed by atoms with van der Waals surface area (Å²) in [6, 6.07) is 5.35. The highest BCUT2D eigenvalue weighted by Crippen LogP contribution is 2.38. The van der Waals surface area contributed by atoms with Gasteiger partial charge in [-0.3, -0.25) is 13.6 Å². The van der Waals surface area contributed by atoms with Crippen molar-refractivity contribution < 1.29 is 65.2 Å². The molecule has 0 aliphatic heterocycles. The average Bonchev–Trinajstić information content (AvgIpc) is 2.81. The minimum atomic E-state index is -5.08. The predicted octanol–water partition coefficient (Wildman–Crippen LogP) is 5.30. The van der Waals surface area contributed by atoms with E-state index in [1.165, 1.54) is 13.8 Å². The van der Waals surface area contributed by atoms with Crippen molar-refractivity contribution in [2.24, 2.45) is 0 Å².